The van der Waals surface area contributed by atoms with Crippen molar-refractivity contribution in [1.29, 1.82) is 0 Å². The second-order valence-corrected chi connectivity index (χ2v) is 6.94. The normalized spacial score (nSPS) is 29.1. The zero-order chi connectivity index (χ0) is 15.1. The number of rotatable bonds is 8. The first-order valence-electron chi connectivity index (χ1n) is 8.57. The third kappa shape index (κ3) is 5.34. The van der Waals surface area contributed by atoms with E-state index in [1.807, 2.05) is 0 Å². The highest BCUT2D eigenvalue weighted by molar-refractivity contribution is 4.86. The van der Waals surface area contributed by atoms with Gasteiger partial charge in [0.25, 0.3) is 0 Å². The van der Waals surface area contributed by atoms with E-state index in [-0.39, 0.29) is 0 Å². The minimum Gasteiger partial charge on any atom is -0.317 e. The molecule has 3 nitrogen and oxygen atoms in total. The van der Waals surface area contributed by atoms with Crippen molar-refractivity contribution in [3.63, 3.8) is 0 Å². The fourth-order valence-electron chi connectivity index (χ4n) is 3.88. The van der Waals surface area contributed by atoms with Gasteiger partial charge in [0.2, 0.25) is 0 Å². The summed E-state index contributed by atoms with van der Waals surface area (Å²) in [6, 6.07) is 1.37. The van der Waals surface area contributed by atoms with Crippen LogP contribution in [0, 0.1) is 11.8 Å². The lowest BCUT2D eigenvalue weighted by Gasteiger charge is -2.40. The molecule has 4 unspecified atom stereocenters. The maximum Gasteiger partial charge on any atom is 0.0194 e. The fourth-order valence-corrected chi connectivity index (χ4v) is 3.88. The Morgan fingerprint density at radius 3 is 2.40 bits per heavy atom. The number of hydrogen-bond acceptors (Lipinski definition) is 3. The van der Waals surface area contributed by atoms with Gasteiger partial charge in [0.05, 0.1) is 0 Å². The van der Waals surface area contributed by atoms with Crippen molar-refractivity contribution in [1.82, 2.24) is 15.1 Å². The molecule has 0 amide bonds. The summed E-state index contributed by atoms with van der Waals surface area (Å²) in [6.45, 7) is 10.6. The molecule has 0 spiro atoms. The van der Waals surface area contributed by atoms with Crippen molar-refractivity contribution in [3.05, 3.63) is 0 Å². The predicted octanol–water partition coefficient (Wildman–Crippen LogP) is 2.67. The molecule has 0 bridgehead atoms. The van der Waals surface area contributed by atoms with E-state index in [0.717, 1.165) is 24.4 Å². The van der Waals surface area contributed by atoms with Gasteiger partial charge in [0.1, 0.15) is 0 Å². The van der Waals surface area contributed by atoms with Crippen LogP contribution in [-0.2, 0) is 0 Å². The summed E-state index contributed by atoms with van der Waals surface area (Å²) in [6.07, 6.45) is 5.54. The van der Waals surface area contributed by atoms with Crippen LogP contribution in [0.2, 0.25) is 0 Å². The van der Waals surface area contributed by atoms with E-state index < -0.39 is 0 Å². The molecule has 1 rings (SSSR count). The van der Waals surface area contributed by atoms with Gasteiger partial charge >= 0.3 is 0 Å². The molecule has 120 valence electrons. The Morgan fingerprint density at radius 1 is 1.20 bits per heavy atom. The van der Waals surface area contributed by atoms with Crippen molar-refractivity contribution < 1.29 is 0 Å². The Bertz CT molecular complexity index is 255. The Hall–Kier alpha value is -0.120. The largest absolute Gasteiger partial charge is 0.317 e. The van der Waals surface area contributed by atoms with Gasteiger partial charge in [-0.15, -0.1) is 0 Å². The first-order chi connectivity index (χ1) is 9.51. The summed E-state index contributed by atoms with van der Waals surface area (Å²) in [5.74, 6) is 1.77. The highest BCUT2D eigenvalue weighted by Crippen LogP contribution is 2.32. The first-order valence-corrected chi connectivity index (χ1v) is 8.57. The molecule has 0 aromatic heterocycles. The zero-order valence-electron chi connectivity index (χ0n) is 14.7. The third-order valence-electron chi connectivity index (χ3n) is 5.17. The highest BCUT2D eigenvalue weighted by Gasteiger charge is 2.30. The molecule has 1 aliphatic carbocycles. The molecule has 0 radical (unpaired) electrons. The van der Waals surface area contributed by atoms with Gasteiger partial charge in [-0.25, -0.2) is 0 Å². The Morgan fingerprint density at radius 2 is 1.90 bits per heavy atom. The van der Waals surface area contributed by atoms with Gasteiger partial charge in [-0.1, -0.05) is 20.3 Å². The van der Waals surface area contributed by atoms with Crippen LogP contribution in [-0.4, -0.2) is 62.7 Å². The van der Waals surface area contributed by atoms with Gasteiger partial charge < -0.3 is 10.2 Å². The third-order valence-corrected chi connectivity index (χ3v) is 5.17. The molecule has 0 saturated heterocycles. The van der Waals surface area contributed by atoms with Crippen molar-refractivity contribution in [2.24, 2.45) is 11.8 Å². The highest BCUT2D eigenvalue weighted by atomic mass is 15.2. The van der Waals surface area contributed by atoms with Crippen LogP contribution in [0.25, 0.3) is 0 Å². The molecule has 3 heteroatoms. The summed E-state index contributed by atoms with van der Waals surface area (Å²) >= 11 is 0. The molecule has 1 fully saturated rings. The average Bonchev–Trinajstić information content (AvgIpc) is 2.43. The van der Waals surface area contributed by atoms with Gasteiger partial charge in [-0.2, -0.15) is 0 Å². The van der Waals surface area contributed by atoms with Gasteiger partial charge in [-0.3, -0.25) is 4.90 Å². The number of nitrogens with zero attached hydrogens (tertiary/aromatic N) is 2. The zero-order valence-corrected chi connectivity index (χ0v) is 14.7. The maximum atomic E-state index is 3.57. The van der Waals surface area contributed by atoms with Crippen LogP contribution < -0.4 is 5.32 Å². The number of hydrogen-bond donors (Lipinski definition) is 1. The predicted molar refractivity (Wildman–Crippen MR) is 89.2 cm³/mol. The van der Waals surface area contributed by atoms with Crippen molar-refractivity contribution in [2.45, 2.75) is 58.5 Å². The number of likely N-dealkylation sites (N-methyl/N-ethyl adjacent to an activating group) is 2. The smallest absolute Gasteiger partial charge is 0.0194 e. The lowest BCUT2D eigenvalue weighted by atomic mass is 9.76. The summed E-state index contributed by atoms with van der Waals surface area (Å²) in [7, 11) is 6.49. The molecule has 0 heterocycles. The molecule has 1 aliphatic rings. The molecule has 1 N–H and O–H groups in total. The van der Waals surface area contributed by atoms with Crippen molar-refractivity contribution in [3.8, 4) is 0 Å². The number of nitrogens with one attached hydrogen (secondary N) is 1. The lowest BCUT2D eigenvalue weighted by molar-refractivity contribution is 0.109. The Balaban J connectivity index is 2.60. The van der Waals surface area contributed by atoms with Crippen LogP contribution >= 0.6 is 0 Å². The van der Waals surface area contributed by atoms with Gasteiger partial charge in [0, 0.05) is 25.2 Å². The van der Waals surface area contributed by atoms with E-state index in [1.165, 1.54) is 38.8 Å². The van der Waals surface area contributed by atoms with E-state index in [9.17, 15) is 0 Å². The topological polar surface area (TPSA) is 18.5 Å². The van der Waals surface area contributed by atoms with Gasteiger partial charge in [0.15, 0.2) is 0 Å². The maximum absolute atomic E-state index is 3.57. The van der Waals surface area contributed by atoms with E-state index in [0.29, 0.717) is 6.04 Å². The summed E-state index contributed by atoms with van der Waals surface area (Å²) in [4.78, 5) is 4.98. The van der Waals surface area contributed by atoms with Crippen LogP contribution in [0.5, 0.6) is 0 Å². The molecule has 0 aromatic rings. The molecule has 0 aliphatic heterocycles. The average molecular weight is 284 g/mol. The summed E-state index contributed by atoms with van der Waals surface area (Å²) < 4.78 is 0. The molecule has 4 atom stereocenters. The summed E-state index contributed by atoms with van der Waals surface area (Å²) in [5, 5.41) is 3.57. The van der Waals surface area contributed by atoms with Crippen molar-refractivity contribution >= 4 is 0 Å². The quantitative estimate of drug-likeness (QED) is 0.739. The fraction of sp³-hybridized carbons (Fsp3) is 1.00. The Kier molecular flexibility index (Phi) is 8.08. The van der Waals surface area contributed by atoms with Crippen LogP contribution in [0.15, 0.2) is 0 Å². The monoisotopic (exact) mass is 283 g/mol. The minimum atomic E-state index is 0.648. The van der Waals surface area contributed by atoms with Crippen molar-refractivity contribution in [2.75, 3.05) is 40.8 Å². The SMILES string of the molecule is CCC1CCC(NC)C(CN(CC)C(C)CN(C)C)C1. The molecule has 0 aromatic carbocycles. The van der Waals surface area contributed by atoms with Crippen LogP contribution in [0.4, 0.5) is 0 Å². The molecule has 20 heavy (non-hydrogen) atoms. The van der Waals surface area contributed by atoms with E-state index in [1.54, 1.807) is 0 Å². The van der Waals surface area contributed by atoms with Crippen LogP contribution in [0.3, 0.4) is 0 Å². The summed E-state index contributed by atoms with van der Waals surface area (Å²) in [5.41, 5.74) is 0. The van der Waals surface area contributed by atoms with E-state index >= 15 is 0 Å². The second kappa shape index (κ2) is 9.01. The van der Waals surface area contributed by atoms with Crippen LogP contribution in [0.1, 0.15) is 46.5 Å². The molecule has 1 saturated carbocycles. The second-order valence-electron chi connectivity index (χ2n) is 6.94. The molecular formula is C17H37N3. The molecular weight excluding hydrogens is 246 g/mol. The van der Waals surface area contributed by atoms with E-state index in [2.05, 4.69) is 57.0 Å². The van der Waals surface area contributed by atoms with Gasteiger partial charge in [-0.05, 0) is 65.7 Å². The first kappa shape index (κ1) is 17.9. The van der Waals surface area contributed by atoms with E-state index in [4.69, 9.17) is 0 Å². The minimum absolute atomic E-state index is 0.648. The Labute approximate surface area is 127 Å². The standard InChI is InChI=1S/C17H37N3/c1-7-15-9-10-17(18-4)16(11-15)13-20(8-2)14(3)12-19(5)6/h14-18H,7-13H2,1-6H3. The lowest BCUT2D eigenvalue weighted by Crippen LogP contribution is -2.48.